The Kier molecular flexibility index (Phi) is 4.20. The minimum atomic E-state index is -0.135. The summed E-state index contributed by atoms with van der Waals surface area (Å²) in [6.07, 6.45) is 3.38. The van der Waals surface area contributed by atoms with Crippen LogP contribution in [0.2, 0.25) is 0 Å². The molecule has 1 saturated carbocycles. The van der Waals surface area contributed by atoms with Crippen LogP contribution in [0.5, 0.6) is 0 Å². The molecular weight excluding hydrogens is 350 g/mol. The molecule has 2 N–H and O–H groups in total. The van der Waals surface area contributed by atoms with Crippen molar-refractivity contribution >= 4 is 11.8 Å². The number of benzene rings is 2. The van der Waals surface area contributed by atoms with Crippen molar-refractivity contribution < 1.29 is 9.59 Å². The lowest BCUT2D eigenvalue weighted by atomic mass is 9.96. The van der Waals surface area contributed by atoms with Crippen LogP contribution in [0, 0.1) is 5.41 Å². The topological polar surface area (TPSA) is 61.4 Å². The van der Waals surface area contributed by atoms with Crippen LogP contribution in [0.1, 0.15) is 46.8 Å². The first-order valence-electron chi connectivity index (χ1n) is 10.1. The molecule has 28 heavy (non-hydrogen) atoms. The van der Waals surface area contributed by atoms with E-state index in [1.807, 2.05) is 59.5 Å². The average molecular weight is 375 g/mol. The maximum absolute atomic E-state index is 13.0. The van der Waals surface area contributed by atoms with Crippen LogP contribution < -0.4 is 10.6 Å². The maximum atomic E-state index is 13.0. The fourth-order valence-electron chi connectivity index (χ4n) is 4.82. The highest BCUT2D eigenvalue weighted by Gasteiger charge is 2.55. The molecule has 2 aliphatic heterocycles. The van der Waals surface area contributed by atoms with Gasteiger partial charge in [-0.05, 0) is 48.4 Å². The van der Waals surface area contributed by atoms with Gasteiger partial charge < -0.3 is 15.5 Å². The van der Waals surface area contributed by atoms with Crippen molar-refractivity contribution in [2.75, 3.05) is 13.1 Å². The highest BCUT2D eigenvalue weighted by atomic mass is 16.2. The molecule has 5 rings (SSSR count). The Hall–Kier alpha value is -2.66. The van der Waals surface area contributed by atoms with E-state index < -0.39 is 0 Å². The van der Waals surface area contributed by atoms with E-state index in [1.54, 1.807) is 0 Å². The maximum Gasteiger partial charge on any atom is 0.255 e. The zero-order chi connectivity index (χ0) is 19.1. The summed E-state index contributed by atoms with van der Waals surface area (Å²) >= 11 is 0. The molecule has 3 aliphatic rings. The highest BCUT2D eigenvalue weighted by Crippen LogP contribution is 2.54. The van der Waals surface area contributed by atoms with Crippen LogP contribution >= 0.6 is 0 Å². The van der Waals surface area contributed by atoms with Crippen LogP contribution in [0.4, 0.5) is 0 Å². The second-order valence-electron chi connectivity index (χ2n) is 8.27. The Morgan fingerprint density at radius 1 is 1.07 bits per heavy atom. The van der Waals surface area contributed by atoms with Crippen molar-refractivity contribution in [3.63, 3.8) is 0 Å². The zero-order valence-electron chi connectivity index (χ0n) is 15.9. The van der Waals surface area contributed by atoms with Crippen LogP contribution in [0.15, 0.2) is 54.6 Å². The lowest BCUT2D eigenvalue weighted by molar-refractivity contribution is -0.124. The predicted octanol–water partition coefficient (Wildman–Crippen LogP) is 2.64. The fourth-order valence-corrected chi connectivity index (χ4v) is 4.82. The molecule has 0 aromatic heterocycles. The molecule has 0 bridgehead atoms. The summed E-state index contributed by atoms with van der Waals surface area (Å²) in [6, 6.07) is 17.6. The van der Waals surface area contributed by atoms with Gasteiger partial charge in [-0.2, -0.15) is 0 Å². The van der Waals surface area contributed by atoms with Gasteiger partial charge in [0.05, 0.1) is 12.1 Å². The first-order chi connectivity index (χ1) is 13.7. The first-order valence-corrected chi connectivity index (χ1v) is 10.1. The van der Waals surface area contributed by atoms with Crippen LogP contribution in [0.25, 0.3) is 0 Å². The van der Waals surface area contributed by atoms with Crippen molar-refractivity contribution in [1.82, 2.24) is 15.5 Å². The van der Waals surface area contributed by atoms with Gasteiger partial charge in [-0.1, -0.05) is 48.5 Å². The van der Waals surface area contributed by atoms with E-state index in [9.17, 15) is 9.59 Å². The molecule has 5 nitrogen and oxygen atoms in total. The van der Waals surface area contributed by atoms with E-state index in [0.29, 0.717) is 13.1 Å². The number of hydrogen-bond donors (Lipinski definition) is 2. The molecule has 2 fully saturated rings. The summed E-state index contributed by atoms with van der Waals surface area (Å²) in [4.78, 5) is 27.7. The number of hydrogen-bond acceptors (Lipinski definition) is 3. The summed E-state index contributed by atoms with van der Waals surface area (Å²) in [5.74, 6) is 0.114. The lowest BCUT2D eigenvalue weighted by Gasteiger charge is -2.27. The normalized spacial score (nSPS) is 24.4. The number of nitrogens with zero attached hydrogens (tertiary/aromatic N) is 1. The van der Waals surface area contributed by atoms with Crippen LogP contribution in [-0.2, 0) is 11.3 Å². The minimum Gasteiger partial charge on any atom is -0.352 e. The fraction of sp³-hybridized carbons (Fsp3) is 0.391. The van der Waals surface area contributed by atoms with E-state index in [0.717, 1.165) is 42.5 Å². The van der Waals surface area contributed by atoms with Gasteiger partial charge in [0.25, 0.3) is 5.91 Å². The average Bonchev–Trinajstić information content (AvgIpc) is 3.30. The molecule has 1 spiro atoms. The van der Waals surface area contributed by atoms with Crippen LogP contribution in [0.3, 0.4) is 0 Å². The molecule has 2 aromatic rings. The van der Waals surface area contributed by atoms with Gasteiger partial charge in [-0.3, -0.25) is 9.59 Å². The van der Waals surface area contributed by atoms with Crippen molar-refractivity contribution in [1.29, 1.82) is 0 Å². The minimum absolute atomic E-state index is 0.0383. The van der Waals surface area contributed by atoms with E-state index >= 15 is 0 Å². The van der Waals surface area contributed by atoms with Crippen molar-refractivity contribution in [2.24, 2.45) is 5.41 Å². The molecule has 5 heteroatoms. The molecule has 0 radical (unpaired) electrons. The zero-order valence-corrected chi connectivity index (χ0v) is 15.9. The quantitative estimate of drug-likeness (QED) is 0.845. The third-order valence-corrected chi connectivity index (χ3v) is 6.59. The van der Waals surface area contributed by atoms with Crippen LogP contribution in [-0.4, -0.2) is 35.8 Å². The molecular formula is C23H25N3O2. The molecule has 1 saturated heterocycles. The van der Waals surface area contributed by atoms with Gasteiger partial charge in [0.2, 0.25) is 5.91 Å². The van der Waals surface area contributed by atoms with Gasteiger partial charge in [0, 0.05) is 18.7 Å². The van der Waals surface area contributed by atoms with Crippen molar-refractivity contribution in [2.45, 2.75) is 37.9 Å². The summed E-state index contributed by atoms with van der Waals surface area (Å²) in [5, 5.41) is 6.51. The molecule has 144 valence electrons. The van der Waals surface area contributed by atoms with Crippen molar-refractivity contribution in [3.05, 3.63) is 71.3 Å². The summed E-state index contributed by atoms with van der Waals surface area (Å²) in [7, 11) is 0. The Morgan fingerprint density at radius 2 is 1.82 bits per heavy atom. The molecule has 2 atom stereocenters. The first kappa shape index (κ1) is 17.4. The van der Waals surface area contributed by atoms with E-state index in [-0.39, 0.29) is 29.3 Å². The summed E-state index contributed by atoms with van der Waals surface area (Å²) < 4.78 is 0. The molecule has 1 aliphatic carbocycles. The molecule has 2 amide bonds. The molecule has 2 aromatic carbocycles. The lowest BCUT2D eigenvalue weighted by Crippen LogP contribution is -2.47. The number of fused-ring (bicyclic) bond motifs is 1. The molecule has 2 unspecified atom stereocenters. The second-order valence-corrected chi connectivity index (χ2v) is 8.27. The summed E-state index contributed by atoms with van der Waals surface area (Å²) in [6.45, 7) is 1.91. The predicted molar refractivity (Wildman–Crippen MR) is 107 cm³/mol. The SMILES string of the molecule is O=C(NCC1c2ccccc2C(=O)N1Cc1ccccc1)C1NCCC12CC2. The van der Waals surface area contributed by atoms with E-state index in [4.69, 9.17) is 0 Å². The van der Waals surface area contributed by atoms with Gasteiger partial charge in [0.15, 0.2) is 0 Å². The Bertz CT molecular complexity index is 907. The third kappa shape index (κ3) is 2.90. The number of carbonyl (C=O) groups is 2. The highest BCUT2D eigenvalue weighted by molar-refractivity contribution is 5.99. The third-order valence-electron chi connectivity index (χ3n) is 6.59. The second kappa shape index (κ2) is 6.74. The Balaban J connectivity index is 1.35. The van der Waals surface area contributed by atoms with Crippen molar-refractivity contribution in [3.8, 4) is 0 Å². The van der Waals surface area contributed by atoms with Gasteiger partial charge in [-0.25, -0.2) is 0 Å². The number of rotatable bonds is 5. The summed E-state index contributed by atoms with van der Waals surface area (Å²) in [5.41, 5.74) is 3.03. The number of carbonyl (C=O) groups excluding carboxylic acids is 2. The van der Waals surface area contributed by atoms with E-state index in [2.05, 4.69) is 10.6 Å². The van der Waals surface area contributed by atoms with Gasteiger partial charge in [0.1, 0.15) is 0 Å². The van der Waals surface area contributed by atoms with Gasteiger partial charge >= 0.3 is 0 Å². The standard InChI is InChI=1S/C23H25N3O2/c27-21(20-23(10-11-23)12-13-24-20)25-14-19-17-8-4-5-9-18(17)22(28)26(19)15-16-6-2-1-3-7-16/h1-9,19-20,24H,10-15H2,(H,25,27). The monoisotopic (exact) mass is 375 g/mol. The number of amides is 2. The largest absolute Gasteiger partial charge is 0.352 e. The number of nitrogens with one attached hydrogen (secondary N) is 2. The molecule has 2 heterocycles. The smallest absolute Gasteiger partial charge is 0.255 e. The Morgan fingerprint density at radius 3 is 2.61 bits per heavy atom. The van der Waals surface area contributed by atoms with E-state index in [1.165, 1.54) is 0 Å². The van der Waals surface area contributed by atoms with Gasteiger partial charge in [-0.15, -0.1) is 0 Å². The Labute approximate surface area is 165 Å².